The van der Waals surface area contributed by atoms with Gasteiger partial charge in [0.2, 0.25) is 0 Å². The molecule has 0 spiro atoms. The Balaban J connectivity index is 1.43. The van der Waals surface area contributed by atoms with E-state index in [4.69, 9.17) is 9.47 Å². The molecule has 1 fully saturated rings. The summed E-state index contributed by atoms with van der Waals surface area (Å²) in [5, 5.41) is 4.14. The number of hydrazone groups is 1. The first-order valence-electron chi connectivity index (χ1n) is 11.3. The molecule has 2 aromatic carbocycles. The van der Waals surface area contributed by atoms with Gasteiger partial charge in [-0.1, -0.05) is 32.9 Å². The molecule has 0 unspecified atom stereocenters. The highest BCUT2D eigenvalue weighted by Crippen LogP contribution is 2.24. The summed E-state index contributed by atoms with van der Waals surface area (Å²) in [4.78, 5) is 26.0. The lowest BCUT2D eigenvalue weighted by atomic mass is 9.87. The van der Waals surface area contributed by atoms with Crippen LogP contribution in [0.15, 0.2) is 53.6 Å². The second-order valence-electron chi connectivity index (χ2n) is 9.20. The molecule has 2 amide bonds. The molecule has 0 atom stereocenters. The van der Waals surface area contributed by atoms with Crippen molar-refractivity contribution in [2.75, 3.05) is 26.3 Å². The molecular weight excluding hydrogens is 418 g/mol. The van der Waals surface area contributed by atoms with Crippen LogP contribution < -0.4 is 14.9 Å². The molecule has 1 saturated heterocycles. The zero-order valence-corrected chi connectivity index (χ0v) is 19.9. The predicted molar refractivity (Wildman–Crippen MR) is 129 cm³/mol. The van der Waals surface area contributed by atoms with Crippen LogP contribution in [0.3, 0.4) is 0 Å². The van der Waals surface area contributed by atoms with Gasteiger partial charge in [0.25, 0.3) is 11.8 Å². The van der Waals surface area contributed by atoms with Crippen molar-refractivity contribution < 1.29 is 19.1 Å². The number of hydrogen-bond acceptors (Lipinski definition) is 5. The lowest BCUT2D eigenvalue weighted by Gasteiger charge is -2.19. The predicted octanol–water partition coefficient (Wildman–Crippen LogP) is 3.90. The number of rotatable bonds is 8. The Hall–Kier alpha value is -3.35. The van der Waals surface area contributed by atoms with Crippen molar-refractivity contribution >= 4 is 17.5 Å². The number of nitrogens with zero attached hydrogens (tertiary/aromatic N) is 2. The molecule has 0 bridgehead atoms. The lowest BCUT2D eigenvalue weighted by molar-refractivity contribution is -0.132. The molecule has 1 heterocycles. The number of ether oxygens (including phenoxy) is 2. The highest BCUT2D eigenvalue weighted by atomic mass is 16.5. The van der Waals surface area contributed by atoms with E-state index in [9.17, 15) is 9.59 Å². The first kappa shape index (κ1) is 24.3. The molecule has 176 valence electrons. The Morgan fingerprint density at radius 2 is 1.45 bits per heavy atom. The van der Waals surface area contributed by atoms with E-state index in [1.54, 1.807) is 19.1 Å². The molecule has 7 nitrogen and oxygen atoms in total. The first-order valence-corrected chi connectivity index (χ1v) is 11.3. The van der Waals surface area contributed by atoms with E-state index in [-0.39, 0.29) is 30.4 Å². The summed E-state index contributed by atoms with van der Waals surface area (Å²) in [6, 6.07) is 15.0. The van der Waals surface area contributed by atoms with Gasteiger partial charge < -0.3 is 14.4 Å². The molecule has 3 rings (SSSR count). The van der Waals surface area contributed by atoms with E-state index in [2.05, 4.69) is 31.3 Å². The van der Waals surface area contributed by atoms with E-state index in [1.807, 2.05) is 41.3 Å². The third kappa shape index (κ3) is 7.34. The minimum absolute atomic E-state index is 0.0180. The third-order valence-electron chi connectivity index (χ3n) is 5.53. The fourth-order valence-electron chi connectivity index (χ4n) is 3.44. The highest BCUT2D eigenvalue weighted by molar-refractivity contribution is 5.99. The molecular formula is C26H33N3O4. The van der Waals surface area contributed by atoms with E-state index >= 15 is 0 Å². The average molecular weight is 452 g/mol. The second-order valence-corrected chi connectivity index (χ2v) is 9.20. The van der Waals surface area contributed by atoms with Crippen molar-refractivity contribution in [2.45, 2.75) is 46.0 Å². The van der Waals surface area contributed by atoms with Gasteiger partial charge in [-0.25, -0.2) is 5.43 Å². The van der Waals surface area contributed by atoms with Crippen LogP contribution in [0.4, 0.5) is 0 Å². The van der Waals surface area contributed by atoms with Crippen LogP contribution in [0.5, 0.6) is 11.5 Å². The molecule has 7 heteroatoms. The van der Waals surface area contributed by atoms with Gasteiger partial charge in [-0.3, -0.25) is 9.59 Å². The van der Waals surface area contributed by atoms with Gasteiger partial charge in [-0.2, -0.15) is 5.10 Å². The quantitative estimate of drug-likeness (QED) is 0.488. The SMILES string of the molecule is C/C(=N\NC(=O)COc1ccc(C(C)(C)C)cc1)c1ccc(OCC(=O)N2CCCC2)cc1. The topological polar surface area (TPSA) is 80.2 Å². The minimum Gasteiger partial charge on any atom is -0.484 e. The third-order valence-corrected chi connectivity index (χ3v) is 5.53. The zero-order chi connectivity index (χ0) is 23.8. The van der Waals surface area contributed by atoms with Gasteiger partial charge >= 0.3 is 0 Å². The Morgan fingerprint density at radius 3 is 2.03 bits per heavy atom. The molecule has 0 radical (unpaired) electrons. The molecule has 0 aromatic heterocycles. The molecule has 0 saturated carbocycles. The Kier molecular flexibility index (Phi) is 8.09. The Labute approximate surface area is 195 Å². The van der Waals surface area contributed by atoms with Crippen molar-refractivity contribution in [3.05, 3.63) is 59.7 Å². The van der Waals surface area contributed by atoms with E-state index < -0.39 is 0 Å². The average Bonchev–Trinajstić information content (AvgIpc) is 3.35. The molecule has 33 heavy (non-hydrogen) atoms. The molecule has 1 N–H and O–H groups in total. The van der Waals surface area contributed by atoms with Gasteiger partial charge in [0.15, 0.2) is 13.2 Å². The van der Waals surface area contributed by atoms with Crippen LogP contribution in [0.2, 0.25) is 0 Å². The zero-order valence-electron chi connectivity index (χ0n) is 19.9. The van der Waals surface area contributed by atoms with Crippen LogP contribution in [0.25, 0.3) is 0 Å². The van der Waals surface area contributed by atoms with E-state index in [0.717, 1.165) is 31.5 Å². The van der Waals surface area contributed by atoms with Gasteiger partial charge in [-0.05, 0) is 72.7 Å². The fourth-order valence-corrected chi connectivity index (χ4v) is 3.44. The van der Waals surface area contributed by atoms with Crippen molar-refractivity contribution in [1.82, 2.24) is 10.3 Å². The maximum atomic E-state index is 12.1. The van der Waals surface area contributed by atoms with Gasteiger partial charge in [0, 0.05) is 13.1 Å². The van der Waals surface area contributed by atoms with Crippen LogP contribution >= 0.6 is 0 Å². The van der Waals surface area contributed by atoms with Crippen molar-refractivity contribution in [3.63, 3.8) is 0 Å². The van der Waals surface area contributed by atoms with Gasteiger partial charge in [-0.15, -0.1) is 0 Å². The second kappa shape index (κ2) is 11.0. The molecule has 1 aliphatic rings. The number of amides is 2. The fraction of sp³-hybridized carbons (Fsp3) is 0.423. The molecule has 0 aliphatic carbocycles. The lowest BCUT2D eigenvalue weighted by Crippen LogP contribution is -2.32. The van der Waals surface area contributed by atoms with Crippen LogP contribution in [0, 0.1) is 0 Å². The van der Waals surface area contributed by atoms with Crippen molar-refractivity contribution in [1.29, 1.82) is 0 Å². The van der Waals surface area contributed by atoms with E-state index in [0.29, 0.717) is 17.2 Å². The molecule has 1 aliphatic heterocycles. The van der Waals surface area contributed by atoms with Gasteiger partial charge in [0.05, 0.1) is 5.71 Å². The van der Waals surface area contributed by atoms with Crippen molar-refractivity contribution in [2.24, 2.45) is 5.10 Å². The monoisotopic (exact) mass is 451 g/mol. The number of carbonyl (C=O) groups excluding carboxylic acids is 2. The van der Waals surface area contributed by atoms with Crippen LogP contribution in [-0.2, 0) is 15.0 Å². The largest absolute Gasteiger partial charge is 0.484 e. The summed E-state index contributed by atoms with van der Waals surface area (Å²) in [6.45, 7) is 9.80. The smallest absolute Gasteiger partial charge is 0.277 e. The highest BCUT2D eigenvalue weighted by Gasteiger charge is 2.18. The number of hydrogen-bond donors (Lipinski definition) is 1. The first-order chi connectivity index (χ1) is 15.7. The Bertz CT molecular complexity index is 970. The summed E-state index contributed by atoms with van der Waals surface area (Å²) in [5.74, 6) is 0.936. The summed E-state index contributed by atoms with van der Waals surface area (Å²) in [7, 11) is 0. The number of benzene rings is 2. The summed E-state index contributed by atoms with van der Waals surface area (Å²) in [5.41, 5.74) is 5.28. The van der Waals surface area contributed by atoms with Crippen LogP contribution in [-0.4, -0.2) is 48.7 Å². The normalized spacial score (nSPS) is 14.2. The minimum atomic E-state index is -0.338. The number of nitrogens with one attached hydrogen (secondary N) is 1. The number of likely N-dealkylation sites (tertiary alicyclic amines) is 1. The summed E-state index contributed by atoms with van der Waals surface area (Å²) < 4.78 is 11.1. The summed E-state index contributed by atoms with van der Waals surface area (Å²) >= 11 is 0. The summed E-state index contributed by atoms with van der Waals surface area (Å²) in [6.07, 6.45) is 2.12. The standard InChI is InChI=1S/C26H33N3O4/c1-19(20-7-11-22(12-8-20)33-18-25(31)29-15-5-6-16-29)27-28-24(30)17-32-23-13-9-21(10-14-23)26(2,3)4/h7-14H,5-6,15-18H2,1-4H3,(H,28,30)/b27-19+. The maximum absolute atomic E-state index is 12.1. The van der Waals surface area contributed by atoms with E-state index in [1.165, 1.54) is 5.56 Å². The maximum Gasteiger partial charge on any atom is 0.277 e. The van der Waals surface area contributed by atoms with Crippen molar-refractivity contribution in [3.8, 4) is 11.5 Å². The number of carbonyl (C=O) groups is 2. The molecule has 2 aromatic rings. The Morgan fingerprint density at radius 1 is 0.909 bits per heavy atom. The van der Waals surface area contributed by atoms with Crippen LogP contribution in [0.1, 0.15) is 51.7 Å². The van der Waals surface area contributed by atoms with Gasteiger partial charge in [0.1, 0.15) is 11.5 Å².